The SMILES string of the molecule is COC(=O)C(C)(C)Oc1ccccc1.Cn1nc(OC(F)F)c(Cl)c1-c1cc2c(cc1Cl)O2. The lowest BCUT2D eigenvalue weighted by Crippen LogP contribution is -2.39. The number of carbonyl (C=O) groups excluding carboxylic acids is 1. The van der Waals surface area contributed by atoms with Crippen molar-refractivity contribution in [1.29, 1.82) is 0 Å². The number of esters is 1. The minimum absolute atomic E-state index is 0.0229. The van der Waals surface area contributed by atoms with Crippen LogP contribution in [0.2, 0.25) is 10.0 Å². The van der Waals surface area contributed by atoms with Gasteiger partial charge in [-0.2, -0.15) is 8.78 Å². The van der Waals surface area contributed by atoms with E-state index in [4.69, 9.17) is 32.7 Å². The lowest BCUT2D eigenvalue weighted by molar-refractivity contribution is -0.156. The average molecular weight is 501 g/mol. The van der Waals surface area contributed by atoms with E-state index >= 15 is 0 Å². The van der Waals surface area contributed by atoms with Crippen molar-refractivity contribution < 1.29 is 32.5 Å². The summed E-state index contributed by atoms with van der Waals surface area (Å²) in [7, 11) is 2.90. The van der Waals surface area contributed by atoms with Crippen LogP contribution in [0.5, 0.6) is 23.1 Å². The van der Waals surface area contributed by atoms with E-state index in [1.165, 1.54) is 11.8 Å². The number of hydrogen-bond donors (Lipinski definition) is 0. The monoisotopic (exact) mass is 500 g/mol. The molecular formula is C22H20Cl2F2N2O5. The highest BCUT2D eigenvalue weighted by Gasteiger charge is 2.31. The van der Waals surface area contributed by atoms with Crippen LogP contribution in [0.1, 0.15) is 13.8 Å². The van der Waals surface area contributed by atoms with Crippen molar-refractivity contribution in [1.82, 2.24) is 9.78 Å². The predicted octanol–water partition coefficient (Wildman–Crippen LogP) is 6.12. The van der Waals surface area contributed by atoms with Crippen molar-refractivity contribution in [2.75, 3.05) is 7.11 Å². The van der Waals surface area contributed by atoms with Gasteiger partial charge in [0.2, 0.25) is 0 Å². The third-order valence-electron chi connectivity index (χ3n) is 4.42. The van der Waals surface area contributed by atoms with E-state index in [-0.39, 0.29) is 16.9 Å². The highest BCUT2D eigenvalue weighted by molar-refractivity contribution is 6.37. The van der Waals surface area contributed by atoms with Crippen LogP contribution in [-0.2, 0) is 16.6 Å². The van der Waals surface area contributed by atoms with Crippen LogP contribution in [-0.4, -0.2) is 35.1 Å². The fourth-order valence-corrected chi connectivity index (χ4v) is 3.41. The van der Waals surface area contributed by atoms with Crippen LogP contribution < -0.4 is 14.2 Å². The van der Waals surface area contributed by atoms with Gasteiger partial charge in [0, 0.05) is 18.7 Å². The maximum Gasteiger partial charge on any atom is 0.388 e. The largest absolute Gasteiger partial charge is 0.476 e. The zero-order valence-corrected chi connectivity index (χ0v) is 19.6. The fraction of sp³-hybridized carbons (Fsp3) is 0.273. The Morgan fingerprint density at radius 2 is 1.79 bits per heavy atom. The van der Waals surface area contributed by atoms with Crippen molar-refractivity contribution in [2.24, 2.45) is 7.05 Å². The van der Waals surface area contributed by atoms with Gasteiger partial charge in [-0.1, -0.05) is 41.4 Å². The van der Waals surface area contributed by atoms with E-state index in [9.17, 15) is 13.6 Å². The number of alkyl halides is 2. The standard InChI is InChI=1S/C11H6Cl2F2N2O2.C11H14O3/c1-17-9(8(13)10(16-17)19-11(14)15)4-2-6-7(18-6)3-5(4)12;1-11(2,10(12)13-3)14-9-7-5-4-6-8-9/h2-3,11H,1H3;4-8H,1-3H3. The molecule has 176 valence electrons. The van der Waals surface area contributed by atoms with Gasteiger partial charge in [-0.3, -0.25) is 4.68 Å². The van der Waals surface area contributed by atoms with Gasteiger partial charge in [-0.15, -0.1) is 5.10 Å². The van der Waals surface area contributed by atoms with E-state index in [0.717, 1.165) is 0 Å². The quantitative estimate of drug-likeness (QED) is 0.234. The number of para-hydroxylation sites is 1. The van der Waals surface area contributed by atoms with Gasteiger partial charge in [0.1, 0.15) is 10.8 Å². The number of nitrogens with zero attached hydrogens (tertiary/aromatic N) is 2. The van der Waals surface area contributed by atoms with Crippen molar-refractivity contribution in [3.63, 3.8) is 0 Å². The molecule has 11 heteroatoms. The Balaban J connectivity index is 0.000000196. The molecule has 1 aliphatic rings. The highest BCUT2D eigenvalue weighted by atomic mass is 35.5. The lowest BCUT2D eigenvalue weighted by atomic mass is 10.1. The van der Waals surface area contributed by atoms with Crippen molar-refractivity contribution in [2.45, 2.75) is 26.1 Å². The summed E-state index contributed by atoms with van der Waals surface area (Å²) in [6, 6.07) is 12.5. The van der Waals surface area contributed by atoms with Gasteiger partial charge < -0.3 is 18.9 Å². The number of halogens is 4. The number of fused-ring (bicyclic) bond motifs is 1. The molecule has 0 fully saturated rings. The first-order chi connectivity index (χ1) is 15.5. The second kappa shape index (κ2) is 9.84. The Morgan fingerprint density at radius 1 is 1.15 bits per heavy atom. The normalized spacial score (nSPS) is 11.7. The summed E-state index contributed by atoms with van der Waals surface area (Å²) < 4.78 is 45.2. The van der Waals surface area contributed by atoms with E-state index in [0.29, 0.717) is 33.5 Å². The van der Waals surface area contributed by atoms with Crippen LogP contribution in [0, 0.1) is 0 Å². The minimum atomic E-state index is -2.99. The topological polar surface area (TPSA) is 75.1 Å². The first-order valence-corrected chi connectivity index (χ1v) is 10.3. The van der Waals surface area contributed by atoms with Gasteiger partial charge >= 0.3 is 12.6 Å². The number of benzene rings is 2. The molecule has 2 heterocycles. The van der Waals surface area contributed by atoms with Crippen LogP contribution in [0.3, 0.4) is 0 Å². The molecule has 0 unspecified atom stereocenters. The summed E-state index contributed by atoms with van der Waals surface area (Å²) in [5.74, 6) is 1.30. The molecule has 3 aromatic rings. The summed E-state index contributed by atoms with van der Waals surface area (Å²) in [5.41, 5.74) is -0.0153. The van der Waals surface area contributed by atoms with E-state index in [1.54, 1.807) is 45.2 Å². The van der Waals surface area contributed by atoms with E-state index < -0.39 is 12.2 Å². The zero-order chi connectivity index (χ0) is 24.3. The number of aromatic nitrogens is 2. The Labute approximate surface area is 198 Å². The van der Waals surface area contributed by atoms with Gasteiger partial charge in [-0.25, -0.2) is 4.79 Å². The van der Waals surface area contributed by atoms with Gasteiger partial charge in [0.05, 0.1) is 17.8 Å². The smallest absolute Gasteiger partial charge is 0.388 e. The molecule has 0 amide bonds. The summed E-state index contributed by atoms with van der Waals surface area (Å²) in [4.78, 5) is 11.3. The number of carbonyl (C=O) groups is 1. The zero-order valence-electron chi connectivity index (χ0n) is 18.1. The number of hydrogen-bond acceptors (Lipinski definition) is 6. The molecule has 7 nitrogen and oxygen atoms in total. The van der Waals surface area contributed by atoms with Crippen LogP contribution in [0.15, 0.2) is 42.5 Å². The molecule has 0 atom stereocenters. The van der Waals surface area contributed by atoms with Crippen molar-refractivity contribution >= 4 is 29.2 Å². The Hall–Kier alpha value is -3.04. The molecule has 0 bridgehead atoms. The second-order valence-electron chi connectivity index (χ2n) is 7.27. The third-order valence-corrected chi connectivity index (χ3v) is 5.07. The number of rotatable bonds is 6. The van der Waals surface area contributed by atoms with Crippen molar-refractivity contribution in [3.8, 4) is 34.4 Å². The average Bonchev–Trinajstić information content (AvgIpc) is 3.45. The summed E-state index contributed by atoms with van der Waals surface area (Å²) in [6.07, 6.45) is 0. The first kappa shape index (κ1) is 24.6. The van der Waals surface area contributed by atoms with Crippen LogP contribution in [0.4, 0.5) is 8.78 Å². The van der Waals surface area contributed by atoms with Gasteiger partial charge in [0.25, 0.3) is 5.88 Å². The number of methoxy groups -OCH3 is 1. The molecule has 0 radical (unpaired) electrons. The van der Waals surface area contributed by atoms with Crippen molar-refractivity contribution in [3.05, 3.63) is 52.5 Å². The molecule has 0 N–H and O–H groups in total. The molecular weight excluding hydrogens is 481 g/mol. The van der Waals surface area contributed by atoms with Crippen LogP contribution in [0.25, 0.3) is 11.3 Å². The van der Waals surface area contributed by atoms with Gasteiger partial charge in [0.15, 0.2) is 17.1 Å². The molecule has 4 rings (SSSR count). The summed E-state index contributed by atoms with van der Waals surface area (Å²) >= 11 is 12.1. The molecule has 0 spiro atoms. The predicted molar refractivity (Wildman–Crippen MR) is 119 cm³/mol. The number of ether oxygens (including phenoxy) is 4. The molecule has 33 heavy (non-hydrogen) atoms. The Bertz CT molecular complexity index is 1150. The lowest BCUT2D eigenvalue weighted by Gasteiger charge is -2.23. The van der Waals surface area contributed by atoms with E-state index in [2.05, 4.69) is 14.6 Å². The van der Waals surface area contributed by atoms with Gasteiger partial charge in [-0.05, 0) is 32.0 Å². The van der Waals surface area contributed by atoms with E-state index in [1.807, 2.05) is 18.2 Å². The first-order valence-electron chi connectivity index (χ1n) is 9.55. The Kier molecular flexibility index (Phi) is 7.34. The molecule has 0 saturated carbocycles. The summed E-state index contributed by atoms with van der Waals surface area (Å²) in [6.45, 7) is 0.352. The third kappa shape index (κ3) is 5.85. The molecule has 0 aliphatic carbocycles. The summed E-state index contributed by atoms with van der Waals surface area (Å²) in [5, 5.41) is 4.17. The number of aryl methyl sites for hydroxylation is 1. The Morgan fingerprint density at radius 3 is 2.39 bits per heavy atom. The molecule has 1 aromatic heterocycles. The maximum atomic E-state index is 12.2. The molecule has 2 aromatic carbocycles. The van der Waals surface area contributed by atoms with Crippen LogP contribution >= 0.6 is 23.2 Å². The second-order valence-corrected chi connectivity index (χ2v) is 8.05. The molecule has 1 aliphatic heterocycles. The fourth-order valence-electron chi connectivity index (χ4n) is 2.86. The maximum absolute atomic E-state index is 12.2. The molecule has 0 saturated heterocycles. The highest BCUT2D eigenvalue weighted by Crippen LogP contribution is 2.51. The minimum Gasteiger partial charge on any atom is -0.476 e.